The van der Waals surface area contributed by atoms with Crippen molar-refractivity contribution in [2.75, 3.05) is 31.6 Å². The van der Waals surface area contributed by atoms with E-state index in [4.69, 9.17) is 4.74 Å². The molecule has 2 aliphatic rings. The Kier molecular flexibility index (Phi) is 3.75. The van der Waals surface area contributed by atoms with Crippen molar-refractivity contribution in [3.8, 4) is 0 Å². The molecule has 1 spiro atoms. The average Bonchev–Trinajstić information content (AvgIpc) is 2.72. The molecule has 0 aliphatic carbocycles. The van der Waals surface area contributed by atoms with Crippen LogP contribution in [0.1, 0.15) is 18.4 Å². The van der Waals surface area contributed by atoms with Crippen LogP contribution in [-0.2, 0) is 19.7 Å². The Morgan fingerprint density at radius 1 is 1.43 bits per heavy atom. The van der Waals surface area contributed by atoms with E-state index in [0.717, 1.165) is 41.7 Å². The first kappa shape index (κ1) is 14.5. The van der Waals surface area contributed by atoms with Crippen molar-refractivity contribution in [3.05, 3.63) is 28.2 Å². The zero-order valence-electron chi connectivity index (χ0n) is 11.8. The molecule has 5 nitrogen and oxygen atoms in total. The highest BCUT2D eigenvalue weighted by atomic mass is 79.9. The third-order valence-corrected chi connectivity index (χ3v) is 5.05. The molecule has 1 N–H and O–H groups in total. The molecule has 6 heteroatoms. The molecule has 0 bridgehead atoms. The highest BCUT2D eigenvalue weighted by Gasteiger charge is 2.52. The summed E-state index contributed by atoms with van der Waals surface area (Å²) in [6.07, 6.45) is 1.50. The fourth-order valence-electron chi connectivity index (χ4n) is 3.35. The van der Waals surface area contributed by atoms with Gasteiger partial charge >= 0.3 is 5.97 Å². The number of rotatable bonds is 2. The van der Waals surface area contributed by atoms with Crippen molar-refractivity contribution in [2.45, 2.75) is 18.3 Å². The van der Waals surface area contributed by atoms with Gasteiger partial charge in [0.15, 0.2) is 0 Å². The van der Waals surface area contributed by atoms with E-state index in [0.29, 0.717) is 0 Å². The molecule has 0 radical (unpaired) electrons. The molecule has 1 aromatic carbocycles. The summed E-state index contributed by atoms with van der Waals surface area (Å²) in [5.41, 5.74) is 1.32. The first-order valence-electron chi connectivity index (χ1n) is 6.98. The van der Waals surface area contributed by atoms with Crippen LogP contribution < -0.4 is 10.2 Å². The summed E-state index contributed by atoms with van der Waals surface area (Å²) in [5.74, 6) is -0.392. The highest BCUT2D eigenvalue weighted by molar-refractivity contribution is 9.10. The SMILES string of the molecule is COC(=O)CN1C(=O)C2(CCNCC2)c2c(Br)cccc21. The molecule has 1 fully saturated rings. The molecule has 21 heavy (non-hydrogen) atoms. The minimum atomic E-state index is -0.519. The molecule has 2 heterocycles. The Balaban J connectivity index is 2.09. The lowest BCUT2D eigenvalue weighted by atomic mass is 9.74. The number of methoxy groups -OCH3 is 1. The number of piperidine rings is 1. The van der Waals surface area contributed by atoms with E-state index in [1.165, 1.54) is 7.11 Å². The number of nitrogens with one attached hydrogen (secondary N) is 1. The van der Waals surface area contributed by atoms with Gasteiger partial charge < -0.3 is 15.0 Å². The number of carbonyl (C=O) groups is 2. The Hall–Kier alpha value is -1.40. The summed E-state index contributed by atoms with van der Waals surface area (Å²) in [6, 6.07) is 5.75. The third kappa shape index (κ3) is 2.17. The number of hydrogen-bond donors (Lipinski definition) is 1. The number of halogens is 1. The minimum absolute atomic E-state index is 0.0105. The van der Waals surface area contributed by atoms with E-state index >= 15 is 0 Å². The number of hydrogen-bond acceptors (Lipinski definition) is 4. The molecular weight excluding hydrogens is 336 g/mol. The maximum absolute atomic E-state index is 13.0. The normalized spacial score (nSPS) is 19.7. The Morgan fingerprint density at radius 2 is 2.14 bits per heavy atom. The number of carbonyl (C=O) groups excluding carboxylic acids is 2. The van der Waals surface area contributed by atoms with Crippen LogP contribution in [0.2, 0.25) is 0 Å². The smallest absolute Gasteiger partial charge is 0.325 e. The molecule has 0 aromatic heterocycles. The van der Waals surface area contributed by atoms with E-state index in [1.54, 1.807) is 4.90 Å². The fraction of sp³-hybridized carbons (Fsp3) is 0.467. The average molecular weight is 353 g/mol. The van der Waals surface area contributed by atoms with Crippen LogP contribution in [0.25, 0.3) is 0 Å². The monoisotopic (exact) mass is 352 g/mol. The van der Waals surface area contributed by atoms with E-state index in [2.05, 4.69) is 21.2 Å². The molecule has 1 saturated heterocycles. The zero-order chi connectivity index (χ0) is 15.0. The van der Waals surface area contributed by atoms with Crippen molar-refractivity contribution in [2.24, 2.45) is 0 Å². The summed E-state index contributed by atoms with van der Waals surface area (Å²) in [4.78, 5) is 26.2. The summed E-state index contributed by atoms with van der Waals surface area (Å²) < 4.78 is 5.66. The fourth-order valence-corrected chi connectivity index (χ4v) is 4.09. The van der Waals surface area contributed by atoms with Gasteiger partial charge in [0.25, 0.3) is 0 Å². The number of esters is 1. The lowest BCUT2D eigenvalue weighted by Crippen LogP contribution is -2.48. The molecule has 0 unspecified atom stereocenters. The molecule has 1 amide bonds. The summed E-state index contributed by atoms with van der Waals surface area (Å²) in [7, 11) is 1.34. The molecule has 0 saturated carbocycles. The van der Waals surface area contributed by atoms with Crippen LogP contribution in [0.3, 0.4) is 0 Å². The maximum atomic E-state index is 13.0. The second kappa shape index (κ2) is 5.42. The number of anilines is 1. The van der Waals surface area contributed by atoms with Gasteiger partial charge in [-0.15, -0.1) is 0 Å². The first-order chi connectivity index (χ1) is 10.1. The van der Waals surface area contributed by atoms with E-state index in [9.17, 15) is 9.59 Å². The summed E-state index contributed by atoms with van der Waals surface area (Å²) in [5, 5.41) is 3.30. The van der Waals surface area contributed by atoms with Gasteiger partial charge in [-0.05, 0) is 38.1 Å². The maximum Gasteiger partial charge on any atom is 0.325 e. The van der Waals surface area contributed by atoms with Crippen LogP contribution in [-0.4, -0.2) is 38.6 Å². The molecule has 2 aliphatic heterocycles. The van der Waals surface area contributed by atoms with Gasteiger partial charge in [0.05, 0.1) is 12.5 Å². The van der Waals surface area contributed by atoms with Gasteiger partial charge in [0, 0.05) is 15.7 Å². The standard InChI is InChI=1S/C15H17BrN2O3/c1-21-12(19)9-18-11-4-2-3-10(16)13(11)15(14(18)20)5-7-17-8-6-15/h2-4,17H,5-9H2,1H3. The van der Waals surface area contributed by atoms with Crippen LogP contribution in [0.5, 0.6) is 0 Å². The molecule has 3 rings (SSSR count). The molecule has 1 aromatic rings. The number of nitrogens with zero attached hydrogens (tertiary/aromatic N) is 1. The Labute approximate surface area is 131 Å². The van der Waals surface area contributed by atoms with Gasteiger partial charge in [0.2, 0.25) is 5.91 Å². The number of amides is 1. The quantitative estimate of drug-likeness (QED) is 0.821. The zero-order valence-corrected chi connectivity index (χ0v) is 13.4. The largest absolute Gasteiger partial charge is 0.468 e. The van der Waals surface area contributed by atoms with Gasteiger partial charge in [-0.3, -0.25) is 9.59 Å². The van der Waals surface area contributed by atoms with Crippen molar-refractivity contribution >= 4 is 33.5 Å². The number of ether oxygens (including phenoxy) is 1. The van der Waals surface area contributed by atoms with Crippen molar-refractivity contribution in [1.82, 2.24) is 5.32 Å². The molecule has 112 valence electrons. The topological polar surface area (TPSA) is 58.6 Å². The van der Waals surface area contributed by atoms with Gasteiger partial charge in [-0.1, -0.05) is 22.0 Å². The predicted octanol–water partition coefficient (Wildman–Crippen LogP) is 1.59. The van der Waals surface area contributed by atoms with Crippen LogP contribution in [0, 0.1) is 0 Å². The number of benzene rings is 1. The van der Waals surface area contributed by atoms with Crippen LogP contribution >= 0.6 is 15.9 Å². The van der Waals surface area contributed by atoms with Crippen molar-refractivity contribution < 1.29 is 14.3 Å². The highest BCUT2D eigenvalue weighted by Crippen LogP contribution is 2.49. The second-order valence-electron chi connectivity index (χ2n) is 5.43. The summed E-state index contributed by atoms with van der Waals surface area (Å²) >= 11 is 3.58. The third-order valence-electron chi connectivity index (χ3n) is 4.39. The summed E-state index contributed by atoms with van der Waals surface area (Å²) in [6.45, 7) is 1.57. The molecule has 0 atom stereocenters. The van der Waals surface area contributed by atoms with Crippen LogP contribution in [0.4, 0.5) is 5.69 Å². The van der Waals surface area contributed by atoms with Gasteiger partial charge in [-0.2, -0.15) is 0 Å². The predicted molar refractivity (Wildman–Crippen MR) is 82.3 cm³/mol. The second-order valence-corrected chi connectivity index (χ2v) is 6.29. The van der Waals surface area contributed by atoms with E-state index in [1.807, 2.05) is 18.2 Å². The lowest BCUT2D eigenvalue weighted by Gasteiger charge is -2.33. The Morgan fingerprint density at radius 3 is 2.81 bits per heavy atom. The van der Waals surface area contributed by atoms with E-state index < -0.39 is 11.4 Å². The van der Waals surface area contributed by atoms with Crippen molar-refractivity contribution in [3.63, 3.8) is 0 Å². The first-order valence-corrected chi connectivity index (χ1v) is 7.78. The number of fused-ring (bicyclic) bond motifs is 2. The van der Waals surface area contributed by atoms with E-state index in [-0.39, 0.29) is 12.5 Å². The van der Waals surface area contributed by atoms with Crippen molar-refractivity contribution in [1.29, 1.82) is 0 Å². The van der Waals surface area contributed by atoms with Crippen LogP contribution in [0.15, 0.2) is 22.7 Å². The minimum Gasteiger partial charge on any atom is -0.468 e. The van der Waals surface area contributed by atoms with Gasteiger partial charge in [-0.25, -0.2) is 0 Å². The van der Waals surface area contributed by atoms with Gasteiger partial charge in [0.1, 0.15) is 6.54 Å². The Bertz CT molecular complexity index is 597. The molecular formula is C15H17BrN2O3. The lowest BCUT2D eigenvalue weighted by molar-refractivity contribution is -0.140.